The Bertz CT molecular complexity index is 412. The summed E-state index contributed by atoms with van der Waals surface area (Å²) in [6, 6.07) is 3.97. The van der Waals surface area contributed by atoms with Crippen molar-refractivity contribution >= 4 is 0 Å². The van der Waals surface area contributed by atoms with Gasteiger partial charge in [-0.15, -0.1) is 0 Å². The number of fused-ring (bicyclic) bond motifs is 2. The molecule has 3 heterocycles. The van der Waals surface area contributed by atoms with Gasteiger partial charge in [-0.2, -0.15) is 4.39 Å². The van der Waals surface area contributed by atoms with Gasteiger partial charge < -0.3 is 10.4 Å². The van der Waals surface area contributed by atoms with Crippen molar-refractivity contribution in [2.75, 3.05) is 0 Å². The van der Waals surface area contributed by atoms with Gasteiger partial charge in [-0.3, -0.25) is 0 Å². The van der Waals surface area contributed by atoms with E-state index in [1.54, 1.807) is 12.1 Å². The third-order valence-corrected chi connectivity index (χ3v) is 4.01. The Hall–Kier alpha value is -1.00. The minimum atomic E-state index is -1.04. The van der Waals surface area contributed by atoms with E-state index in [-0.39, 0.29) is 0 Å². The number of nitrogens with one attached hydrogen (secondary N) is 1. The summed E-state index contributed by atoms with van der Waals surface area (Å²) in [6.45, 7) is 0. The maximum atomic E-state index is 13.7. The van der Waals surface area contributed by atoms with Gasteiger partial charge in [0.15, 0.2) is 0 Å². The predicted octanol–water partition coefficient (Wildman–Crippen LogP) is 1.71. The van der Waals surface area contributed by atoms with Crippen LogP contribution in [-0.4, -0.2) is 22.2 Å². The Balaban J connectivity index is 1.93. The molecule has 92 valence electrons. The molecule has 2 saturated heterocycles. The van der Waals surface area contributed by atoms with Gasteiger partial charge in [-0.25, -0.2) is 4.98 Å². The summed E-state index contributed by atoms with van der Waals surface area (Å²) >= 11 is 0. The first-order chi connectivity index (χ1) is 8.17. The third kappa shape index (κ3) is 1.96. The standard InChI is InChI=1S/C13H17FN2O/c14-12-11(5-2-6-15-12)13(17)7-9-3-1-4-10(8-13)16-9/h2,5-6,9-10,16-17H,1,3-4,7-8H2. The van der Waals surface area contributed by atoms with Crippen LogP contribution < -0.4 is 5.32 Å². The lowest BCUT2D eigenvalue weighted by atomic mass is 9.74. The lowest BCUT2D eigenvalue weighted by Gasteiger charge is -2.45. The summed E-state index contributed by atoms with van der Waals surface area (Å²) in [5.74, 6) is -0.532. The highest BCUT2D eigenvalue weighted by molar-refractivity contribution is 5.22. The van der Waals surface area contributed by atoms with Gasteiger partial charge in [0.2, 0.25) is 5.95 Å². The number of hydrogen-bond donors (Lipinski definition) is 2. The van der Waals surface area contributed by atoms with Crippen molar-refractivity contribution in [3.8, 4) is 0 Å². The Morgan fingerprint density at radius 1 is 1.35 bits per heavy atom. The number of halogens is 1. The molecule has 2 aliphatic rings. The minimum Gasteiger partial charge on any atom is -0.385 e. The van der Waals surface area contributed by atoms with Crippen LogP contribution in [0.5, 0.6) is 0 Å². The number of nitrogens with zero attached hydrogens (tertiary/aromatic N) is 1. The van der Waals surface area contributed by atoms with Crippen molar-refractivity contribution in [2.24, 2.45) is 0 Å². The van der Waals surface area contributed by atoms with Gasteiger partial charge >= 0.3 is 0 Å². The molecule has 1 aromatic rings. The molecule has 0 saturated carbocycles. The average Bonchev–Trinajstić information content (AvgIpc) is 2.28. The van der Waals surface area contributed by atoms with E-state index in [1.807, 2.05) is 0 Å². The molecule has 2 N–H and O–H groups in total. The van der Waals surface area contributed by atoms with Gasteiger partial charge in [0.05, 0.1) is 5.60 Å². The van der Waals surface area contributed by atoms with Crippen LogP contribution in [0.25, 0.3) is 0 Å². The molecule has 1 aromatic heterocycles. The molecule has 0 aliphatic carbocycles. The number of hydrogen-bond acceptors (Lipinski definition) is 3. The fourth-order valence-corrected chi connectivity index (χ4v) is 3.28. The summed E-state index contributed by atoms with van der Waals surface area (Å²) in [5.41, 5.74) is -0.683. The van der Waals surface area contributed by atoms with Gasteiger partial charge in [-0.05, 0) is 31.7 Å². The molecule has 2 aliphatic heterocycles. The van der Waals surface area contributed by atoms with Crippen LogP contribution in [0.3, 0.4) is 0 Å². The van der Waals surface area contributed by atoms with Gasteiger partial charge in [0, 0.05) is 23.8 Å². The SMILES string of the molecule is OC1(c2cccnc2F)CC2CCCC(C1)N2. The Morgan fingerprint density at radius 3 is 2.71 bits per heavy atom. The molecule has 3 rings (SSSR count). The molecular formula is C13H17FN2O. The van der Waals surface area contributed by atoms with Crippen LogP contribution in [0.4, 0.5) is 4.39 Å². The van der Waals surface area contributed by atoms with E-state index in [2.05, 4.69) is 10.3 Å². The summed E-state index contributed by atoms with van der Waals surface area (Å²) < 4.78 is 13.7. The molecule has 2 atom stereocenters. The third-order valence-electron chi connectivity index (χ3n) is 4.01. The van der Waals surface area contributed by atoms with Crippen molar-refractivity contribution < 1.29 is 9.50 Å². The lowest BCUT2D eigenvalue weighted by Crippen LogP contribution is -2.54. The number of rotatable bonds is 1. The van der Waals surface area contributed by atoms with E-state index in [0.717, 1.165) is 12.8 Å². The van der Waals surface area contributed by atoms with E-state index in [4.69, 9.17) is 0 Å². The molecule has 0 radical (unpaired) electrons. The highest BCUT2D eigenvalue weighted by Gasteiger charge is 2.43. The first kappa shape index (κ1) is 11.1. The minimum absolute atomic E-state index is 0.312. The number of piperidine rings is 2. The molecule has 2 fully saturated rings. The average molecular weight is 236 g/mol. The van der Waals surface area contributed by atoms with Crippen LogP contribution in [-0.2, 0) is 5.60 Å². The van der Waals surface area contributed by atoms with Crippen LogP contribution in [0.15, 0.2) is 18.3 Å². The Morgan fingerprint density at radius 2 is 2.06 bits per heavy atom. The molecule has 3 nitrogen and oxygen atoms in total. The molecule has 2 bridgehead atoms. The fourth-order valence-electron chi connectivity index (χ4n) is 3.28. The number of aromatic nitrogens is 1. The quantitative estimate of drug-likeness (QED) is 0.730. The van der Waals surface area contributed by atoms with Crippen molar-refractivity contribution in [3.63, 3.8) is 0 Å². The second-order valence-electron chi connectivity index (χ2n) is 5.27. The largest absolute Gasteiger partial charge is 0.385 e. The van der Waals surface area contributed by atoms with Crippen molar-refractivity contribution in [1.29, 1.82) is 0 Å². The van der Waals surface area contributed by atoms with Crippen LogP contribution in [0, 0.1) is 5.95 Å². The Labute approximate surface area is 100 Å². The van der Waals surface area contributed by atoms with Gasteiger partial charge in [0.1, 0.15) is 0 Å². The highest BCUT2D eigenvalue weighted by Crippen LogP contribution is 2.39. The van der Waals surface area contributed by atoms with E-state index in [1.165, 1.54) is 12.6 Å². The second-order valence-corrected chi connectivity index (χ2v) is 5.27. The second kappa shape index (κ2) is 4.03. The van der Waals surface area contributed by atoms with Crippen molar-refractivity contribution in [3.05, 3.63) is 29.8 Å². The normalized spacial score (nSPS) is 36.8. The molecular weight excluding hydrogens is 219 g/mol. The van der Waals surface area contributed by atoms with Gasteiger partial charge in [-0.1, -0.05) is 12.5 Å². The molecule has 0 aromatic carbocycles. The van der Waals surface area contributed by atoms with Crippen LogP contribution in [0.2, 0.25) is 0 Å². The maximum Gasteiger partial charge on any atom is 0.218 e. The summed E-state index contributed by atoms with van der Waals surface area (Å²) in [6.07, 6.45) is 5.94. The monoisotopic (exact) mass is 236 g/mol. The summed E-state index contributed by atoms with van der Waals surface area (Å²) in [4.78, 5) is 3.65. The van der Waals surface area contributed by atoms with Gasteiger partial charge in [0.25, 0.3) is 0 Å². The Kier molecular flexibility index (Phi) is 2.64. The first-order valence-electron chi connectivity index (χ1n) is 6.27. The summed E-state index contributed by atoms with van der Waals surface area (Å²) in [7, 11) is 0. The first-order valence-corrected chi connectivity index (χ1v) is 6.27. The van der Waals surface area contributed by atoms with E-state index in [0.29, 0.717) is 30.5 Å². The van der Waals surface area contributed by atoms with Crippen molar-refractivity contribution in [2.45, 2.75) is 49.8 Å². The zero-order valence-electron chi connectivity index (χ0n) is 9.69. The summed E-state index contributed by atoms with van der Waals surface area (Å²) in [5, 5.41) is 14.2. The lowest BCUT2D eigenvalue weighted by molar-refractivity contribution is -0.0388. The van der Waals surface area contributed by atoms with Crippen LogP contribution in [0.1, 0.15) is 37.7 Å². The zero-order chi connectivity index (χ0) is 11.9. The topological polar surface area (TPSA) is 45.2 Å². The molecule has 2 unspecified atom stereocenters. The molecule has 0 amide bonds. The van der Waals surface area contributed by atoms with E-state index < -0.39 is 11.5 Å². The number of aliphatic hydroxyl groups is 1. The molecule has 17 heavy (non-hydrogen) atoms. The molecule has 0 spiro atoms. The van der Waals surface area contributed by atoms with Crippen LogP contribution >= 0.6 is 0 Å². The zero-order valence-corrected chi connectivity index (χ0v) is 9.69. The molecule has 4 heteroatoms. The number of pyridine rings is 1. The fraction of sp³-hybridized carbons (Fsp3) is 0.615. The van der Waals surface area contributed by atoms with E-state index in [9.17, 15) is 9.50 Å². The smallest absolute Gasteiger partial charge is 0.218 e. The predicted molar refractivity (Wildman–Crippen MR) is 61.9 cm³/mol. The maximum absolute atomic E-state index is 13.7. The van der Waals surface area contributed by atoms with Crippen molar-refractivity contribution in [1.82, 2.24) is 10.3 Å². The highest BCUT2D eigenvalue weighted by atomic mass is 19.1. The van der Waals surface area contributed by atoms with E-state index >= 15 is 0 Å².